The summed E-state index contributed by atoms with van der Waals surface area (Å²) in [6, 6.07) is 0. The fourth-order valence-electron chi connectivity index (χ4n) is 2.42. The Morgan fingerprint density at radius 3 is 2.80 bits per heavy atom. The van der Waals surface area contributed by atoms with Crippen LogP contribution in [-0.2, 0) is 10.5 Å². The van der Waals surface area contributed by atoms with Crippen molar-refractivity contribution in [2.45, 2.75) is 57.0 Å². The van der Waals surface area contributed by atoms with Gasteiger partial charge in [0.2, 0.25) is 0 Å². The zero-order chi connectivity index (χ0) is 14.4. The molecule has 2 rings (SSSR count). The van der Waals surface area contributed by atoms with Gasteiger partial charge in [-0.05, 0) is 26.7 Å². The quantitative estimate of drug-likeness (QED) is 0.778. The summed E-state index contributed by atoms with van der Waals surface area (Å²) in [5.74, 6) is 1.30. The lowest BCUT2D eigenvalue weighted by molar-refractivity contribution is 0.0524. The van der Waals surface area contributed by atoms with Gasteiger partial charge < -0.3 is 4.74 Å². The third-order valence-corrected chi connectivity index (χ3v) is 4.89. The summed E-state index contributed by atoms with van der Waals surface area (Å²) in [5, 5.41) is 0.748. The summed E-state index contributed by atoms with van der Waals surface area (Å²) >= 11 is 1.94. The number of carbonyl (C=O) groups excluding carboxylic acids is 1. The van der Waals surface area contributed by atoms with Crippen molar-refractivity contribution >= 4 is 17.7 Å². The van der Waals surface area contributed by atoms with Gasteiger partial charge in [-0.1, -0.05) is 19.3 Å². The van der Waals surface area contributed by atoms with Crippen molar-refractivity contribution < 1.29 is 9.53 Å². The molecule has 0 unspecified atom stereocenters. The molecule has 1 fully saturated rings. The standard InChI is InChI=1S/C15H22N2O2S/c1-3-19-15(18)13-9-16-14(17-11(13)2)10-20-12-7-5-4-6-8-12/h9,12H,3-8,10H2,1-2H3. The summed E-state index contributed by atoms with van der Waals surface area (Å²) in [6.07, 6.45) is 8.28. The van der Waals surface area contributed by atoms with Crippen LogP contribution in [0.15, 0.2) is 6.20 Å². The van der Waals surface area contributed by atoms with Gasteiger partial charge in [-0.15, -0.1) is 0 Å². The number of rotatable bonds is 5. The first-order valence-electron chi connectivity index (χ1n) is 7.32. The van der Waals surface area contributed by atoms with E-state index >= 15 is 0 Å². The van der Waals surface area contributed by atoms with Crippen LogP contribution in [0.25, 0.3) is 0 Å². The van der Waals surface area contributed by atoms with Gasteiger partial charge in [-0.2, -0.15) is 11.8 Å². The van der Waals surface area contributed by atoms with Crippen molar-refractivity contribution in [1.82, 2.24) is 9.97 Å². The molecule has 0 spiro atoms. The molecular formula is C15H22N2O2S. The molecule has 0 aliphatic heterocycles. The molecule has 1 aliphatic carbocycles. The topological polar surface area (TPSA) is 52.1 Å². The lowest BCUT2D eigenvalue weighted by Gasteiger charge is -2.20. The maximum atomic E-state index is 11.7. The number of thioether (sulfide) groups is 1. The van der Waals surface area contributed by atoms with E-state index in [0.717, 1.165) is 16.8 Å². The predicted octanol–water partition coefficient (Wildman–Crippen LogP) is 3.53. The Balaban J connectivity index is 1.92. The molecule has 1 heterocycles. The Hall–Kier alpha value is -1.10. The number of aromatic nitrogens is 2. The zero-order valence-corrected chi connectivity index (χ0v) is 13.0. The van der Waals surface area contributed by atoms with Crippen LogP contribution < -0.4 is 0 Å². The fourth-order valence-corrected chi connectivity index (χ4v) is 3.61. The molecule has 1 saturated carbocycles. The Morgan fingerprint density at radius 2 is 2.15 bits per heavy atom. The number of esters is 1. The lowest BCUT2D eigenvalue weighted by Crippen LogP contribution is -2.11. The lowest BCUT2D eigenvalue weighted by atomic mass is 10.0. The first kappa shape index (κ1) is 15.3. The van der Waals surface area contributed by atoms with Crippen LogP contribution in [0.2, 0.25) is 0 Å². The van der Waals surface area contributed by atoms with Crippen LogP contribution in [0.3, 0.4) is 0 Å². The van der Waals surface area contributed by atoms with Gasteiger partial charge in [0.1, 0.15) is 5.82 Å². The predicted molar refractivity (Wildman–Crippen MR) is 80.9 cm³/mol. The molecule has 1 aliphatic rings. The van der Waals surface area contributed by atoms with E-state index in [9.17, 15) is 4.79 Å². The number of hydrogen-bond donors (Lipinski definition) is 0. The highest BCUT2D eigenvalue weighted by atomic mass is 32.2. The van der Waals surface area contributed by atoms with E-state index in [1.807, 2.05) is 18.7 Å². The SMILES string of the molecule is CCOC(=O)c1cnc(CSC2CCCCC2)nc1C. The van der Waals surface area contributed by atoms with Gasteiger partial charge in [0.05, 0.1) is 23.6 Å². The Bertz CT molecular complexity index is 459. The summed E-state index contributed by atoms with van der Waals surface area (Å²) in [7, 11) is 0. The van der Waals surface area contributed by atoms with Crippen LogP contribution in [0, 0.1) is 6.92 Å². The van der Waals surface area contributed by atoms with Crippen LogP contribution in [0.1, 0.15) is 60.9 Å². The van der Waals surface area contributed by atoms with Crippen molar-refractivity contribution in [3.05, 3.63) is 23.3 Å². The van der Waals surface area contributed by atoms with Crippen molar-refractivity contribution in [2.24, 2.45) is 0 Å². The Morgan fingerprint density at radius 1 is 1.40 bits per heavy atom. The van der Waals surface area contributed by atoms with Gasteiger partial charge in [-0.25, -0.2) is 14.8 Å². The average molecular weight is 294 g/mol. The molecule has 0 amide bonds. The average Bonchev–Trinajstić information content (AvgIpc) is 2.46. The normalized spacial score (nSPS) is 16.1. The van der Waals surface area contributed by atoms with E-state index in [2.05, 4.69) is 9.97 Å². The molecule has 0 aromatic carbocycles. The monoisotopic (exact) mass is 294 g/mol. The number of hydrogen-bond acceptors (Lipinski definition) is 5. The molecule has 0 radical (unpaired) electrons. The van der Waals surface area contributed by atoms with Crippen molar-refractivity contribution in [2.75, 3.05) is 6.61 Å². The third kappa shape index (κ3) is 4.20. The van der Waals surface area contributed by atoms with Gasteiger partial charge >= 0.3 is 5.97 Å². The zero-order valence-electron chi connectivity index (χ0n) is 12.2. The maximum Gasteiger partial charge on any atom is 0.341 e. The summed E-state index contributed by atoms with van der Waals surface area (Å²) < 4.78 is 4.98. The van der Waals surface area contributed by atoms with Crippen LogP contribution in [-0.4, -0.2) is 27.8 Å². The Labute approximate surface area is 124 Å². The molecule has 0 atom stereocenters. The largest absolute Gasteiger partial charge is 0.462 e. The number of ether oxygens (including phenoxy) is 1. The van der Waals surface area contributed by atoms with Gasteiger partial charge in [-0.3, -0.25) is 0 Å². The molecule has 4 nitrogen and oxygen atoms in total. The minimum absolute atomic E-state index is 0.337. The molecule has 0 N–H and O–H groups in total. The first-order valence-corrected chi connectivity index (χ1v) is 8.36. The smallest absolute Gasteiger partial charge is 0.341 e. The van der Waals surface area contributed by atoms with E-state index in [4.69, 9.17) is 4.74 Å². The third-order valence-electron chi connectivity index (χ3n) is 3.52. The molecule has 5 heteroatoms. The minimum atomic E-state index is -0.337. The van der Waals surface area contributed by atoms with Crippen molar-refractivity contribution in [1.29, 1.82) is 0 Å². The van der Waals surface area contributed by atoms with Crippen LogP contribution in [0.5, 0.6) is 0 Å². The van der Waals surface area contributed by atoms with E-state index in [0.29, 0.717) is 17.9 Å². The molecular weight excluding hydrogens is 272 g/mol. The highest BCUT2D eigenvalue weighted by Gasteiger charge is 2.16. The van der Waals surface area contributed by atoms with Crippen LogP contribution in [0.4, 0.5) is 0 Å². The second-order valence-electron chi connectivity index (χ2n) is 5.08. The van der Waals surface area contributed by atoms with Gasteiger partial charge in [0.25, 0.3) is 0 Å². The molecule has 1 aromatic rings. The Kier molecular flexibility index (Phi) is 5.83. The molecule has 20 heavy (non-hydrogen) atoms. The highest BCUT2D eigenvalue weighted by Crippen LogP contribution is 2.29. The summed E-state index contributed by atoms with van der Waals surface area (Å²) in [5.41, 5.74) is 1.18. The van der Waals surface area contributed by atoms with Gasteiger partial charge in [0, 0.05) is 11.4 Å². The van der Waals surface area contributed by atoms with E-state index in [1.165, 1.54) is 32.1 Å². The molecule has 110 valence electrons. The summed E-state index contributed by atoms with van der Waals surface area (Å²) in [6.45, 7) is 4.00. The number of carbonyl (C=O) groups is 1. The van der Waals surface area contributed by atoms with E-state index in [-0.39, 0.29) is 5.97 Å². The fraction of sp³-hybridized carbons (Fsp3) is 0.667. The minimum Gasteiger partial charge on any atom is -0.462 e. The van der Waals surface area contributed by atoms with Gasteiger partial charge in [0.15, 0.2) is 0 Å². The first-order chi connectivity index (χ1) is 9.70. The molecule has 0 saturated heterocycles. The molecule has 1 aromatic heterocycles. The number of nitrogens with zero attached hydrogens (tertiary/aromatic N) is 2. The highest BCUT2D eigenvalue weighted by molar-refractivity contribution is 7.99. The van der Waals surface area contributed by atoms with E-state index in [1.54, 1.807) is 13.1 Å². The second-order valence-corrected chi connectivity index (χ2v) is 6.37. The second kappa shape index (κ2) is 7.62. The molecule has 0 bridgehead atoms. The van der Waals surface area contributed by atoms with Crippen molar-refractivity contribution in [3.8, 4) is 0 Å². The van der Waals surface area contributed by atoms with E-state index < -0.39 is 0 Å². The van der Waals surface area contributed by atoms with Crippen LogP contribution >= 0.6 is 11.8 Å². The summed E-state index contributed by atoms with van der Waals surface area (Å²) in [4.78, 5) is 20.4. The van der Waals surface area contributed by atoms with Crippen molar-refractivity contribution in [3.63, 3.8) is 0 Å². The number of aryl methyl sites for hydroxylation is 1. The maximum absolute atomic E-state index is 11.7.